The Hall–Kier alpha value is -2.39. The minimum atomic E-state index is 0.172. The van der Waals surface area contributed by atoms with Gasteiger partial charge in [-0.25, -0.2) is 15.0 Å². The van der Waals surface area contributed by atoms with Crippen molar-refractivity contribution in [1.29, 1.82) is 0 Å². The molecule has 7 nitrogen and oxygen atoms in total. The maximum atomic E-state index is 13.1. The van der Waals surface area contributed by atoms with Gasteiger partial charge >= 0.3 is 0 Å². The number of likely N-dealkylation sites (tertiary alicyclic amines) is 1. The Morgan fingerprint density at radius 2 is 1.94 bits per heavy atom. The number of hydrogen-bond donors (Lipinski definition) is 2. The summed E-state index contributed by atoms with van der Waals surface area (Å²) in [6.07, 6.45) is 14.0. The van der Waals surface area contributed by atoms with Gasteiger partial charge in [0.25, 0.3) is 5.91 Å². The smallest absolute Gasteiger partial charge is 0.253 e. The lowest BCUT2D eigenvalue weighted by Crippen LogP contribution is -2.35. The van der Waals surface area contributed by atoms with E-state index < -0.39 is 0 Å². The van der Waals surface area contributed by atoms with E-state index in [1.54, 1.807) is 23.1 Å². The Bertz CT molecular complexity index is 1190. The number of thiazole rings is 1. The van der Waals surface area contributed by atoms with E-state index in [0.29, 0.717) is 23.4 Å². The second-order valence-electron chi connectivity index (χ2n) is 9.97. The van der Waals surface area contributed by atoms with Gasteiger partial charge in [-0.2, -0.15) is 0 Å². The number of amides is 1. The summed E-state index contributed by atoms with van der Waals surface area (Å²) < 4.78 is 1.07. The molecular weight excluding hydrogens is 464 g/mol. The van der Waals surface area contributed by atoms with Gasteiger partial charge in [0, 0.05) is 48.0 Å². The van der Waals surface area contributed by atoms with Crippen LogP contribution < -0.4 is 10.6 Å². The minimum Gasteiger partial charge on any atom is -0.359 e. The third kappa shape index (κ3) is 4.35. The van der Waals surface area contributed by atoms with Gasteiger partial charge in [-0.1, -0.05) is 17.8 Å². The molecule has 3 fully saturated rings. The molecule has 2 aromatic heterocycles. The number of nitrogens with zero attached hydrogens (tertiary/aromatic N) is 4. The summed E-state index contributed by atoms with van der Waals surface area (Å²) in [5.41, 5.74) is 2.17. The Morgan fingerprint density at radius 1 is 1.15 bits per heavy atom. The molecule has 2 aliphatic carbocycles. The van der Waals surface area contributed by atoms with Crippen LogP contribution in [0, 0.1) is 5.41 Å². The van der Waals surface area contributed by atoms with Crippen LogP contribution in [0.5, 0.6) is 0 Å². The Labute approximate surface area is 208 Å². The molecule has 3 aromatic rings. The van der Waals surface area contributed by atoms with Crippen molar-refractivity contribution in [2.45, 2.75) is 61.9 Å². The number of hydrogen-bond acceptors (Lipinski definition) is 8. The van der Waals surface area contributed by atoms with E-state index in [1.165, 1.54) is 25.7 Å². The third-order valence-electron chi connectivity index (χ3n) is 7.73. The average Bonchev–Trinajstić information content (AvgIpc) is 3.56. The highest BCUT2D eigenvalue weighted by Gasteiger charge is 2.44. The number of carbonyl (C=O) groups is 1. The minimum absolute atomic E-state index is 0.172. The van der Waals surface area contributed by atoms with E-state index in [9.17, 15) is 4.79 Å². The van der Waals surface area contributed by atoms with E-state index in [4.69, 9.17) is 4.98 Å². The van der Waals surface area contributed by atoms with Crippen molar-refractivity contribution < 1.29 is 4.79 Å². The van der Waals surface area contributed by atoms with Crippen LogP contribution >= 0.6 is 23.1 Å². The fourth-order valence-electron chi connectivity index (χ4n) is 5.59. The van der Waals surface area contributed by atoms with Gasteiger partial charge in [-0.15, -0.1) is 11.8 Å². The third-order valence-corrected chi connectivity index (χ3v) is 9.36. The van der Waals surface area contributed by atoms with Crippen LogP contribution in [0.3, 0.4) is 0 Å². The first-order valence-corrected chi connectivity index (χ1v) is 14.2. The summed E-state index contributed by atoms with van der Waals surface area (Å²) >= 11 is 3.29. The lowest BCUT2D eigenvalue weighted by atomic mass is 9.68. The fraction of sp³-hybridized carbons (Fsp3) is 0.520. The van der Waals surface area contributed by atoms with Crippen molar-refractivity contribution in [2.75, 3.05) is 30.0 Å². The topological polar surface area (TPSA) is 83.0 Å². The second kappa shape index (κ2) is 9.00. The molecule has 178 valence electrons. The summed E-state index contributed by atoms with van der Waals surface area (Å²) in [7, 11) is 0. The van der Waals surface area contributed by atoms with Crippen LogP contribution in [0.25, 0.3) is 10.2 Å². The molecule has 0 unspecified atom stereocenters. The zero-order chi connectivity index (χ0) is 23.1. The fourth-order valence-corrected chi connectivity index (χ4v) is 6.89. The molecule has 0 bridgehead atoms. The molecule has 2 N–H and O–H groups in total. The number of rotatable bonds is 6. The molecule has 0 radical (unpaired) electrons. The molecule has 1 saturated heterocycles. The molecule has 2 saturated carbocycles. The number of anilines is 2. The van der Waals surface area contributed by atoms with E-state index in [1.807, 2.05) is 36.8 Å². The number of benzene rings is 1. The molecule has 9 heteroatoms. The quantitative estimate of drug-likeness (QED) is 0.452. The molecule has 1 amide bonds. The SMILES string of the molecule is CSc1cnc(N[C@H]2CC[C@H](Nc3nc4ccc(C(=O)N5CCC6(CCC6)C5)cc4s3)C2)nc1. The standard InChI is InChI=1S/C25H30N6OS2/c1-33-19-13-26-23(27-14-19)28-17-4-5-18(12-17)29-24-30-20-6-3-16(11-21(20)34-24)22(32)31-10-9-25(15-31)7-2-8-25/h3,6,11,13-14,17-18H,2,4-5,7-10,12,15H2,1H3,(H,29,30)(H,26,27,28)/t17-,18-/m0/s1. The second-order valence-corrected chi connectivity index (χ2v) is 11.9. The Kier molecular flexibility index (Phi) is 5.85. The first kappa shape index (κ1) is 22.1. The van der Waals surface area contributed by atoms with Gasteiger partial charge in [0.15, 0.2) is 5.13 Å². The summed E-state index contributed by atoms with van der Waals surface area (Å²) in [5.74, 6) is 0.868. The van der Waals surface area contributed by atoms with Crippen LogP contribution in [0.1, 0.15) is 55.3 Å². The summed E-state index contributed by atoms with van der Waals surface area (Å²) in [5, 5.41) is 8.02. The van der Waals surface area contributed by atoms with Gasteiger partial charge in [-0.3, -0.25) is 4.79 Å². The molecule has 2 atom stereocenters. The molecule has 1 aliphatic heterocycles. The van der Waals surface area contributed by atoms with Gasteiger partial charge in [0.2, 0.25) is 5.95 Å². The van der Waals surface area contributed by atoms with Crippen molar-refractivity contribution >= 4 is 50.3 Å². The highest BCUT2D eigenvalue weighted by Crippen LogP contribution is 2.48. The maximum absolute atomic E-state index is 13.1. The molecule has 3 heterocycles. The van der Waals surface area contributed by atoms with Crippen LogP contribution in [0.4, 0.5) is 11.1 Å². The highest BCUT2D eigenvalue weighted by atomic mass is 32.2. The largest absolute Gasteiger partial charge is 0.359 e. The molecule has 1 aromatic carbocycles. The van der Waals surface area contributed by atoms with E-state index in [-0.39, 0.29) is 5.91 Å². The average molecular weight is 495 g/mol. The van der Waals surface area contributed by atoms with Gasteiger partial charge in [0.1, 0.15) is 0 Å². The normalized spacial score (nSPS) is 23.4. The summed E-state index contributed by atoms with van der Waals surface area (Å²) in [4.78, 5) is 29.8. The monoisotopic (exact) mass is 494 g/mol. The maximum Gasteiger partial charge on any atom is 0.253 e. The van der Waals surface area contributed by atoms with Crippen LogP contribution in [0.2, 0.25) is 0 Å². The van der Waals surface area contributed by atoms with Gasteiger partial charge in [-0.05, 0) is 68.4 Å². The number of thioether (sulfide) groups is 1. The first-order chi connectivity index (χ1) is 16.6. The van der Waals surface area contributed by atoms with Crippen LogP contribution in [0.15, 0.2) is 35.5 Å². The summed E-state index contributed by atoms with van der Waals surface area (Å²) in [6.45, 7) is 1.83. The predicted molar refractivity (Wildman–Crippen MR) is 139 cm³/mol. The van der Waals surface area contributed by atoms with Crippen molar-refractivity contribution in [3.63, 3.8) is 0 Å². The molecule has 3 aliphatic rings. The first-order valence-electron chi connectivity index (χ1n) is 12.2. The number of fused-ring (bicyclic) bond motifs is 1. The van der Waals surface area contributed by atoms with E-state index >= 15 is 0 Å². The van der Waals surface area contributed by atoms with E-state index in [2.05, 4.69) is 25.5 Å². The predicted octanol–water partition coefficient (Wildman–Crippen LogP) is 5.27. The lowest BCUT2D eigenvalue weighted by molar-refractivity contribution is 0.0732. The van der Waals surface area contributed by atoms with Gasteiger partial charge in [0.05, 0.1) is 10.2 Å². The molecule has 34 heavy (non-hydrogen) atoms. The number of aromatic nitrogens is 3. The van der Waals surface area contributed by atoms with Crippen LogP contribution in [-0.4, -0.2) is 57.2 Å². The van der Waals surface area contributed by atoms with Crippen LogP contribution in [-0.2, 0) is 0 Å². The Balaban J connectivity index is 1.07. The molecular formula is C25H30N6OS2. The molecule has 6 rings (SSSR count). The zero-order valence-electron chi connectivity index (χ0n) is 19.4. The van der Waals surface area contributed by atoms with Crippen molar-refractivity contribution in [3.05, 3.63) is 36.2 Å². The zero-order valence-corrected chi connectivity index (χ0v) is 21.1. The summed E-state index contributed by atoms with van der Waals surface area (Å²) in [6, 6.07) is 6.69. The number of nitrogens with one attached hydrogen (secondary N) is 2. The van der Waals surface area contributed by atoms with Gasteiger partial charge < -0.3 is 15.5 Å². The van der Waals surface area contributed by atoms with Crippen molar-refractivity contribution in [3.8, 4) is 0 Å². The van der Waals surface area contributed by atoms with E-state index in [0.717, 1.165) is 58.2 Å². The lowest BCUT2D eigenvalue weighted by Gasteiger charge is -2.37. The molecule has 1 spiro atoms. The van der Waals surface area contributed by atoms with Crippen molar-refractivity contribution in [2.24, 2.45) is 5.41 Å². The van der Waals surface area contributed by atoms with Crippen molar-refractivity contribution in [1.82, 2.24) is 19.9 Å². The number of carbonyl (C=O) groups excluding carboxylic acids is 1. The highest BCUT2D eigenvalue weighted by molar-refractivity contribution is 7.98. The Morgan fingerprint density at radius 3 is 2.65 bits per heavy atom.